The van der Waals surface area contributed by atoms with Crippen molar-refractivity contribution in [3.8, 4) is 5.75 Å². The maximum absolute atomic E-state index is 10.9. The van der Waals surface area contributed by atoms with E-state index in [-0.39, 0.29) is 13.2 Å². The number of aliphatic hydroxyl groups is 1. The van der Waals surface area contributed by atoms with Gasteiger partial charge in [-0.15, -0.1) is 0 Å². The maximum Gasteiger partial charge on any atom is 0.324 e. The van der Waals surface area contributed by atoms with Crippen molar-refractivity contribution in [1.82, 2.24) is 5.32 Å². The van der Waals surface area contributed by atoms with Gasteiger partial charge in [0.05, 0.1) is 6.61 Å². The molecule has 3 N–H and O–H groups in total. The minimum absolute atomic E-state index is 0.0536. The summed E-state index contributed by atoms with van der Waals surface area (Å²) >= 11 is 0. The smallest absolute Gasteiger partial charge is 0.324 e. The molecule has 0 aliphatic rings. The second-order valence-corrected chi connectivity index (χ2v) is 3.57. The molecule has 1 aromatic rings. The van der Waals surface area contributed by atoms with Gasteiger partial charge in [0.1, 0.15) is 18.4 Å². The normalized spacial score (nSPS) is 12.1. The van der Waals surface area contributed by atoms with Gasteiger partial charge in [-0.3, -0.25) is 4.79 Å². The van der Waals surface area contributed by atoms with Gasteiger partial charge in [0.25, 0.3) is 0 Å². The molecule has 94 valence electrons. The number of likely N-dealkylation sites (N-methyl/N-ethyl adjacent to an activating group) is 1. The van der Waals surface area contributed by atoms with Gasteiger partial charge in [-0.2, -0.15) is 0 Å². The molecule has 0 bridgehead atoms. The topological polar surface area (TPSA) is 78.8 Å². The zero-order valence-electron chi connectivity index (χ0n) is 9.72. The van der Waals surface area contributed by atoms with Crippen molar-refractivity contribution in [1.29, 1.82) is 0 Å². The Balaban J connectivity index is 2.55. The first-order valence-corrected chi connectivity index (χ1v) is 5.46. The maximum atomic E-state index is 10.9. The number of aliphatic carboxylic acids is 1. The first-order valence-electron chi connectivity index (χ1n) is 5.46. The van der Waals surface area contributed by atoms with Crippen LogP contribution in [-0.4, -0.2) is 35.4 Å². The summed E-state index contributed by atoms with van der Waals surface area (Å²) in [6.07, 6.45) is 0. The molecule has 0 aliphatic heterocycles. The Labute approximate surface area is 100 Å². The average Bonchev–Trinajstić information content (AvgIpc) is 2.34. The average molecular weight is 239 g/mol. The highest BCUT2D eigenvalue weighted by Gasteiger charge is 2.16. The number of rotatable bonds is 7. The lowest BCUT2D eigenvalue weighted by molar-refractivity contribution is -0.140. The minimum Gasteiger partial charge on any atom is -0.491 e. The van der Waals surface area contributed by atoms with E-state index in [1.165, 1.54) is 0 Å². The van der Waals surface area contributed by atoms with Gasteiger partial charge in [0.2, 0.25) is 0 Å². The molecule has 1 unspecified atom stereocenters. The first kappa shape index (κ1) is 13.5. The molecule has 0 amide bonds. The standard InChI is InChI=1S/C12H17NO4/c1-2-13-11(12(15)16)8-17-10-5-3-4-9(6-10)7-14/h3-6,11,13-14H,2,7-8H2,1H3,(H,15,16). The molecule has 0 saturated carbocycles. The zero-order chi connectivity index (χ0) is 12.7. The minimum atomic E-state index is -0.940. The van der Waals surface area contributed by atoms with Crippen LogP contribution in [0.1, 0.15) is 12.5 Å². The lowest BCUT2D eigenvalue weighted by Crippen LogP contribution is -2.41. The van der Waals surface area contributed by atoms with Crippen molar-refractivity contribution in [2.45, 2.75) is 19.6 Å². The Morgan fingerprint density at radius 1 is 1.53 bits per heavy atom. The van der Waals surface area contributed by atoms with Crippen molar-refractivity contribution in [2.75, 3.05) is 13.2 Å². The quantitative estimate of drug-likeness (QED) is 0.650. The summed E-state index contributed by atoms with van der Waals surface area (Å²) in [7, 11) is 0. The Morgan fingerprint density at radius 2 is 2.29 bits per heavy atom. The first-order chi connectivity index (χ1) is 8.17. The van der Waals surface area contributed by atoms with Crippen LogP contribution in [0.5, 0.6) is 5.75 Å². The highest BCUT2D eigenvalue weighted by Crippen LogP contribution is 2.13. The second kappa shape index (κ2) is 6.88. The molecule has 0 aliphatic carbocycles. The van der Waals surface area contributed by atoms with E-state index in [1.807, 2.05) is 6.92 Å². The van der Waals surface area contributed by atoms with E-state index >= 15 is 0 Å². The Bertz CT molecular complexity index is 367. The zero-order valence-corrected chi connectivity index (χ0v) is 9.72. The summed E-state index contributed by atoms with van der Waals surface area (Å²) in [4.78, 5) is 10.9. The molecular formula is C12H17NO4. The van der Waals surface area contributed by atoms with Crippen LogP contribution in [-0.2, 0) is 11.4 Å². The predicted molar refractivity (Wildman–Crippen MR) is 63.0 cm³/mol. The van der Waals surface area contributed by atoms with Gasteiger partial charge in [-0.25, -0.2) is 0 Å². The fourth-order valence-corrected chi connectivity index (χ4v) is 1.38. The molecule has 17 heavy (non-hydrogen) atoms. The Morgan fingerprint density at radius 3 is 2.88 bits per heavy atom. The van der Waals surface area contributed by atoms with Crippen molar-refractivity contribution in [3.05, 3.63) is 29.8 Å². The molecule has 0 fully saturated rings. The number of hydrogen-bond donors (Lipinski definition) is 3. The fraction of sp³-hybridized carbons (Fsp3) is 0.417. The fourth-order valence-electron chi connectivity index (χ4n) is 1.38. The molecule has 0 radical (unpaired) electrons. The van der Waals surface area contributed by atoms with Crippen molar-refractivity contribution in [2.24, 2.45) is 0 Å². The Kier molecular flexibility index (Phi) is 5.45. The van der Waals surface area contributed by atoms with Crippen LogP contribution < -0.4 is 10.1 Å². The Hall–Kier alpha value is -1.59. The van der Waals surface area contributed by atoms with E-state index in [9.17, 15) is 4.79 Å². The van der Waals surface area contributed by atoms with Gasteiger partial charge in [0, 0.05) is 0 Å². The van der Waals surface area contributed by atoms with Gasteiger partial charge < -0.3 is 20.3 Å². The van der Waals surface area contributed by atoms with Gasteiger partial charge in [-0.1, -0.05) is 19.1 Å². The third-order valence-electron chi connectivity index (χ3n) is 2.25. The number of hydrogen-bond acceptors (Lipinski definition) is 4. The number of benzene rings is 1. The summed E-state index contributed by atoms with van der Waals surface area (Å²) in [5.41, 5.74) is 0.734. The van der Waals surface area contributed by atoms with E-state index in [2.05, 4.69) is 5.32 Å². The number of carboxylic acid groups (broad SMARTS) is 1. The summed E-state index contributed by atoms with van der Waals surface area (Å²) in [5, 5.41) is 20.7. The monoisotopic (exact) mass is 239 g/mol. The lowest BCUT2D eigenvalue weighted by Gasteiger charge is -2.14. The highest BCUT2D eigenvalue weighted by molar-refractivity contribution is 5.73. The van der Waals surface area contributed by atoms with Crippen molar-refractivity contribution < 1.29 is 19.7 Å². The molecular weight excluding hydrogens is 222 g/mol. The largest absolute Gasteiger partial charge is 0.491 e. The number of nitrogens with one attached hydrogen (secondary N) is 1. The molecule has 1 atom stereocenters. The molecule has 1 aromatic carbocycles. The van der Waals surface area contributed by atoms with E-state index in [0.717, 1.165) is 5.56 Å². The molecule has 0 spiro atoms. The van der Waals surface area contributed by atoms with Crippen LogP contribution in [0.4, 0.5) is 0 Å². The summed E-state index contributed by atoms with van der Waals surface area (Å²) in [6, 6.07) is 6.21. The lowest BCUT2D eigenvalue weighted by atomic mass is 10.2. The van der Waals surface area contributed by atoms with Gasteiger partial charge >= 0.3 is 5.97 Å². The second-order valence-electron chi connectivity index (χ2n) is 3.57. The summed E-state index contributed by atoms with van der Waals surface area (Å²) in [5.74, 6) is -0.383. The van der Waals surface area contributed by atoms with Gasteiger partial charge in [-0.05, 0) is 24.2 Å². The molecule has 5 heteroatoms. The molecule has 0 aromatic heterocycles. The number of aliphatic hydroxyl groups excluding tert-OH is 1. The van der Waals surface area contributed by atoms with E-state index in [0.29, 0.717) is 12.3 Å². The molecule has 0 heterocycles. The molecule has 5 nitrogen and oxygen atoms in total. The van der Waals surface area contributed by atoms with E-state index < -0.39 is 12.0 Å². The van der Waals surface area contributed by atoms with Crippen LogP contribution in [0, 0.1) is 0 Å². The van der Waals surface area contributed by atoms with E-state index in [4.69, 9.17) is 14.9 Å². The van der Waals surface area contributed by atoms with E-state index in [1.54, 1.807) is 24.3 Å². The summed E-state index contributed by atoms with van der Waals surface area (Å²) < 4.78 is 5.37. The SMILES string of the molecule is CCNC(COc1cccc(CO)c1)C(=O)O. The summed E-state index contributed by atoms with van der Waals surface area (Å²) in [6.45, 7) is 2.39. The number of carboxylic acids is 1. The highest BCUT2D eigenvalue weighted by atomic mass is 16.5. The predicted octanol–water partition coefficient (Wildman–Crippen LogP) is 0.620. The molecule has 1 rings (SSSR count). The van der Waals surface area contributed by atoms with Crippen LogP contribution in [0.3, 0.4) is 0 Å². The molecule has 0 saturated heterocycles. The van der Waals surface area contributed by atoms with Crippen LogP contribution in [0.15, 0.2) is 24.3 Å². The van der Waals surface area contributed by atoms with Crippen LogP contribution >= 0.6 is 0 Å². The van der Waals surface area contributed by atoms with Crippen LogP contribution in [0.25, 0.3) is 0 Å². The van der Waals surface area contributed by atoms with Gasteiger partial charge in [0.15, 0.2) is 0 Å². The van der Waals surface area contributed by atoms with Crippen LogP contribution in [0.2, 0.25) is 0 Å². The van der Waals surface area contributed by atoms with Crippen molar-refractivity contribution >= 4 is 5.97 Å². The van der Waals surface area contributed by atoms with Crippen molar-refractivity contribution in [3.63, 3.8) is 0 Å². The third-order valence-corrected chi connectivity index (χ3v) is 2.25. The number of carbonyl (C=O) groups is 1. The third kappa shape index (κ3) is 4.42. The number of ether oxygens (including phenoxy) is 1.